The van der Waals surface area contributed by atoms with Crippen molar-refractivity contribution in [2.24, 2.45) is 0 Å². The van der Waals surface area contributed by atoms with E-state index >= 15 is 0 Å². The maximum atomic E-state index is 13.2. The highest BCUT2D eigenvalue weighted by Crippen LogP contribution is 2.17. The summed E-state index contributed by atoms with van der Waals surface area (Å²) in [5.41, 5.74) is 0.503. The van der Waals surface area contributed by atoms with Crippen LogP contribution in [0.3, 0.4) is 0 Å². The van der Waals surface area contributed by atoms with E-state index in [-0.39, 0.29) is 6.04 Å². The SMILES string of the molecule is COCC(C)Nc1nccn1-c1ccc(F)c(F)c1. The molecule has 6 heteroatoms. The van der Waals surface area contributed by atoms with Gasteiger partial charge in [0, 0.05) is 31.6 Å². The Labute approximate surface area is 110 Å². The Balaban J connectivity index is 2.25. The molecule has 0 aliphatic rings. The number of halogens is 2. The normalized spacial score (nSPS) is 12.4. The van der Waals surface area contributed by atoms with Gasteiger partial charge in [0.15, 0.2) is 11.6 Å². The molecular formula is C13H15F2N3O. The number of anilines is 1. The topological polar surface area (TPSA) is 39.1 Å². The number of hydrogen-bond donors (Lipinski definition) is 1. The van der Waals surface area contributed by atoms with Gasteiger partial charge in [-0.25, -0.2) is 13.8 Å². The number of ether oxygens (including phenoxy) is 1. The third-order valence-corrected chi connectivity index (χ3v) is 2.61. The van der Waals surface area contributed by atoms with E-state index in [1.807, 2.05) is 6.92 Å². The molecule has 0 aliphatic heterocycles. The van der Waals surface area contributed by atoms with Crippen LogP contribution in [0.2, 0.25) is 0 Å². The molecule has 0 aliphatic carbocycles. The second-order valence-electron chi connectivity index (χ2n) is 4.22. The summed E-state index contributed by atoms with van der Waals surface area (Å²) in [6.07, 6.45) is 3.26. The van der Waals surface area contributed by atoms with Crippen LogP contribution in [0.5, 0.6) is 0 Å². The van der Waals surface area contributed by atoms with E-state index in [2.05, 4.69) is 10.3 Å². The summed E-state index contributed by atoms with van der Waals surface area (Å²) in [5.74, 6) is -1.20. The molecule has 0 saturated carbocycles. The molecule has 1 N–H and O–H groups in total. The Hall–Kier alpha value is -1.95. The van der Waals surface area contributed by atoms with Crippen LogP contribution in [0.15, 0.2) is 30.6 Å². The molecule has 0 bridgehead atoms. The molecule has 2 aromatic rings. The minimum atomic E-state index is -0.887. The lowest BCUT2D eigenvalue weighted by Gasteiger charge is -2.15. The highest BCUT2D eigenvalue weighted by Gasteiger charge is 2.10. The van der Waals surface area contributed by atoms with Gasteiger partial charge in [-0.15, -0.1) is 0 Å². The van der Waals surface area contributed by atoms with Crippen molar-refractivity contribution in [2.45, 2.75) is 13.0 Å². The molecule has 1 heterocycles. The maximum absolute atomic E-state index is 13.2. The summed E-state index contributed by atoms with van der Waals surface area (Å²) in [4.78, 5) is 4.15. The molecule has 1 unspecified atom stereocenters. The van der Waals surface area contributed by atoms with Gasteiger partial charge in [0.05, 0.1) is 12.3 Å². The van der Waals surface area contributed by atoms with Gasteiger partial charge in [0.1, 0.15) is 0 Å². The van der Waals surface area contributed by atoms with Crippen molar-refractivity contribution in [3.8, 4) is 5.69 Å². The number of methoxy groups -OCH3 is 1. The van der Waals surface area contributed by atoms with E-state index in [9.17, 15) is 8.78 Å². The monoisotopic (exact) mass is 267 g/mol. The van der Waals surface area contributed by atoms with Crippen LogP contribution in [-0.2, 0) is 4.74 Å². The molecule has 0 radical (unpaired) electrons. The lowest BCUT2D eigenvalue weighted by Crippen LogP contribution is -2.22. The first-order valence-electron chi connectivity index (χ1n) is 5.86. The van der Waals surface area contributed by atoms with E-state index in [1.165, 1.54) is 6.07 Å². The van der Waals surface area contributed by atoms with Gasteiger partial charge in [-0.3, -0.25) is 4.57 Å². The van der Waals surface area contributed by atoms with Crippen molar-refractivity contribution in [1.29, 1.82) is 0 Å². The van der Waals surface area contributed by atoms with Crippen LogP contribution in [-0.4, -0.2) is 29.3 Å². The zero-order valence-corrected chi connectivity index (χ0v) is 10.7. The highest BCUT2D eigenvalue weighted by molar-refractivity contribution is 5.42. The number of nitrogens with zero attached hydrogens (tertiary/aromatic N) is 2. The van der Waals surface area contributed by atoms with Gasteiger partial charge in [-0.2, -0.15) is 0 Å². The second-order valence-corrected chi connectivity index (χ2v) is 4.22. The molecule has 0 saturated heterocycles. The first-order chi connectivity index (χ1) is 9.11. The van der Waals surface area contributed by atoms with E-state index in [1.54, 1.807) is 24.1 Å². The first-order valence-corrected chi connectivity index (χ1v) is 5.86. The minimum absolute atomic E-state index is 0.0523. The number of hydrogen-bond acceptors (Lipinski definition) is 3. The molecule has 2 rings (SSSR count). The first kappa shape index (κ1) is 13.5. The third-order valence-electron chi connectivity index (χ3n) is 2.61. The summed E-state index contributed by atoms with van der Waals surface area (Å²) in [6.45, 7) is 2.46. The molecule has 1 aromatic carbocycles. The lowest BCUT2D eigenvalue weighted by molar-refractivity contribution is 0.190. The number of rotatable bonds is 5. The van der Waals surface area contributed by atoms with Crippen molar-refractivity contribution >= 4 is 5.95 Å². The van der Waals surface area contributed by atoms with Gasteiger partial charge in [-0.1, -0.05) is 0 Å². The maximum Gasteiger partial charge on any atom is 0.207 e. The fraction of sp³-hybridized carbons (Fsp3) is 0.308. The summed E-state index contributed by atoms with van der Waals surface area (Å²) >= 11 is 0. The molecule has 19 heavy (non-hydrogen) atoms. The number of nitrogens with one attached hydrogen (secondary N) is 1. The summed E-state index contributed by atoms with van der Waals surface area (Å²) in [5, 5.41) is 3.13. The average molecular weight is 267 g/mol. The summed E-state index contributed by atoms with van der Waals surface area (Å²) in [6, 6.07) is 3.76. The van der Waals surface area contributed by atoms with Crippen molar-refractivity contribution in [1.82, 2.24) is 9.55 Å². The Morgan fingerprint density at radius 1 is 1.37 bits per heavy atom. The van der Waals surface area contributed by atoms with Gasteiger partial charge >= 0.3 is 0 Å². The van der Waals surface area contributed by atoms with Crippen molar-refractivity contribution in [2.75, 3.05) is 19.0 Å². The Morgan fingerprint density at radius 2 is 2.16 bits per heavy atom. The molecule has 0 spiro atoms. The fourth-order valence-corrected chi connectivity index (χ4v) is 1.77. The Kier molecular flexibility index (Phi) is 4.11. The van der Waals surface area contributed by atoms with Crippen molar-refractivity contribution < 1.29 is 13.5 Å². The van der Waals surface area contributed by atoms with Gasteiger partial charge in [0.25, 0.3) is 0 Å². The number of imidazole rings is 1. The van der Waals surface area contributed by atoms with E-state index < -0.39 is 11.6 Å². The minimum Gasteiger partial charge on any atom is -0.383 e. The summed E-state index contributed by atoms with van der Waals surface area (Å²) < 4.78 is 32.8. The van der Waals surface area contributed by atoms with E-state index in [0.29, 0.717) is 18.2 Å². The third kappa shape index (κ3) is 3.08. The van der Waals surface area contributed by atoms with Gasteiger partial charge in [0.2, 0.25) is 5.95 Å². The average Bonchev–Trinajstić information content (AvgIpc) is 2.81. The quantitative estimate of drug-likeness (QED) is 0.905. The van der Waals surface area contributed by atoms with Crippen LogP contribution < -0.4 is 5.32 Å². The Morgan fingerprint density at radius 3 is 2.84 bits per heavy atom. The molecule has 0 fully saturated rings. The Bertz CT molecular complexity index is 557. The standard InChI is InChI=1S/C13H15F2N3O/c1-9(8-19-2)17-13-16-5-6-18(13)10-3-4-11(14)12(15)7-10/h3-7,9H,8H2,1-2H3,(H,16,17). The molecule has 0 amide bonds. The van der Waals surface area contributed by atoms with Gasteiger partial charge in [-0.05, 0) is 19.1 Å². The second kappa shape index (κ2) is 5.79. The number of aromatic nitrogens is 2. The highest BCUT2D eigenvalue weighted by atomic mass is 19.2. The van der Waals surface area contributed by atoms with E-state index in [4.69, 9.17) is 4.74 Å². The molecule has 1 aromatic heterocycles. The summed E-state index contributed by atoms with van der Waals surface area (Å²) in [7, 11) is 1.61. The zero-order valence-electron chi connectivity index (χ0n) is 10.7. The van der Waals surface area contributed by atoms with Crippen LogP contribution in [0.4, 0.5) is 14.7 Å². The zero-order chi connectivity index (χ0) is 13.8. The van der Waals surface area contributed by atoms with Crippen LogP contribution in [0.25, 0.3) is 5.69 Å². The molecular weight excluding hydrogens is 252 g/mol. The predicted molar refractivity (Wildman–Crippen MR) is 68.4 cm³/mol. The molecule has 4 nitrogen and oxygen atoms in total. The van der Waals surface area contributed by atoms with Crippen LogP contribution in [0, 0.1) is 11.6 Å². The number of benzene rings is 1. The van der Waals surface area contributed by atoms with Crippen molar-refractivity contribution in [3.05, 3.63) is 42.2 Å². The van der Waals surface area contributed by atoms with E-state index in [0.717, 1.165) is 12.1 Å². The van der Waals surface area contributed by atoms with Crippen LogP contribution in [0.1, 0.15) is 6.92 Å². The molecule has 1 atom stereocenters. The largest absolute Gasteiger partial charge is 0.383 e. The lowest BCUT2D eigenvalue weighted by atomic mass is 10.3. The van der Waals surface area contributed by atoms with Crippen molar-refractivity contribution in [3.63, 3.8) is 0 Å². The predicted octanol–water partition coefficient (Wildman–Crippen LogP) is 2.60. The van der Waals surface area contributed by atoms with Gasteiger partial charge < -0.3 is 10.1 Å². The van der Waals surface area contributed by atoms with Crippen LogP contribution >= 0.6 is 0 Å². The smallest absolute Gasteiger partial charge is 0.207 e. The molecule has 102 valence electrons. The fourth-order valence-electron chi connectivity index (χ4n) is 1.77.